The van der Waals surface area contributed by atoms with Gasteiger partial charge >= 0.3 is 0 Å². The highest BCUT2D eigenvalue weighted by Crippen LogP contribution is 2.35. The van der Waals surface area contributed by atoms with Gasteiger partial charge in [0.1, 0.15) is 11.3 Å². The molecule has 1 saturated heterocycles. The molecule has 21 heavy (non-hydrogen) atoms. The molecule has 3 rings (SSSR count). The molecule has 0 aliphatic carbocycles. The van der Waals surface area contributed by atoms with Crippen LogP contribution in [-0.4, -0.2) is 24.7 Å². The smallest absolute Gasteiger partial charge is 0.146 e. The van der Waals surface area contributed by atoms with Gasteiger partial charge in [0.05, 0.1) is 16.3 Å². The molecule has 2 heterocycles. The first kappa shape index (κ1) is 14.8. The molecule has 3 nitrogen and oxygen atoms in total. The van der Waals surface area contributed by atoms with Gasteiger partial charge in [0.15, 0.2) is 0 Å². The second-order valence-electron chi connectivity index (χ2n) is 6.88. The van der Waals surface area contributed by atoms with Crippen LogP contribution in [0.2, 0.25) is 0 Å². The molecule has 0 bridgehead atoms. The van der Waals surface area contributed by atoms with E-state index in [9.17, 15) is 0 Å². The van der Waals surface area contributed by atoms with Gasteiger partial charge in [-0.25, -0.2) is 4.98 Å². The monoisotopic (exact) mass is 304 g/mol. The van der Waals surface area contributed by atoms with Crippen LogP contribution in [0.15, 0.2) is 18.2 Å². The Labute approximate surface area is 130 Å². The number of ether oxygens (including phenoxy) is 1. The molecule has 1 fully saturated rings. The van der Waals surface area contributed by atoms with Gasteiger partial charge < -0.3 is 10.1 Å². The fourth-order valence-electron chi connectivity index (χ4n) is 2.62. The van der Waals surface area contributed by atoms with Gasteiger partial charge in [-0.2, -0.15) is 0 Å². The molecule has 1 N–H and O–H groups in total. The molecule has 0 atom stereocenters. The zero-order valence-electron chi connectivity index (χ0n) is 13.1. The second kappa shape index (κ2) is 5.93. The van der Waals surface area contributed by atoms with Crippen molar-refractivity contribution in [3.8, 4) is 5.75 Å². The van der Waals surface area contributed by atoms with Crippen molar-refractivity contribution >= 4 is 21.6 Å². The van der Waals surface area contributed by atoms with Gasteiger partial charge in [0.25, 0.3) is 0 Å². The molecule has 0 saturated carbocycles. The minimum absolute atomic E-state index is 0.0932. The van der Waals surface area contributed by atoms with Crippen molar-refractivity contribution in [3.05, 3.63) is 23.2 Å². The molecule has 2 aromatic rings. The predicted octanol–water partition coefficient (Wildman–Crippen LogP) is 3.97. The van der Waals surface area contributed by atoms with E-state index in [1.54, 1.807) is 11.3 Å². The number of hydrogen-bond acceptors (Lipinski definition) is 4. The average Bonchev–Trinajstić information content (AvgIpc) is 2.91. The molecule has 1 aliphatic heterocycles. The Morgan fingerprint density at radius 1 is 1.29 bits per heavy atom. The summed E-state index contributed by atoms with van der Waals surface area (Å²) in [6, 6.07) is 6.26. The van der Waals surface area contributed by atoms with Crippen LogP contribution in [0.5, 0.6) is 5.75 Å². The largest absolute Gasteiger partial charge is 0.491 e. The maximum atomic E-state index is 6.10. The Hall–Kier alpha value is -1.13. The minimum Gasteiger partial charge on any atom is -0.491 e. The van der Waals surface area contributed by atoms with Gasteiger partial charge in [-0.05, 0) is 44.0 Å². The first-order valence-electron chi connectivity index (χ1n) is 7.77. The summed E-state index contributed by atoms with van der Waals surface area (Å²) in [4.78, 5) is 4.83. The maximum Gasteiger partial charge on any atom is 0.146 e. The van der Waals surface area contributed by atoms with Crippen LogP contribution in [0, 0.1) is 5.92 Å². The summed E-state index contributed by atoms with van der Waals surface area (Å²) in [5.74, 6) is 1.61. The van der Waals surface area contributed by atoms with Gasteiger partial charge in [0.2, 0.25) is 0 Å². The average molecular weight is 304 g/mol. The highest BCUT2D eigenvalue weighted by molar-refractivity contribution is 7.18. The summed E-state index contributed by atoms with van der Waals surface area (Å²) >= 11 is 1.78. The number of aromatic nitrogens is 1. The molecule has 114 valence electrons. The lowest BCUT2D eigenvalue weighted by Crippen LogP contribution is -2.30. The van der Waals surface area contributed by atoms with Crippen molar-refractivity contribution < 1.29 is 4.74 Å². The number of piperidine rings is 1. The van der Waals surface area contributed by atoms with Gasteiger partial charge in [-0.1, -0.05) is 26.8 Å². The predicted molar refractivity (Wildman–Crippen MR) is 89.4 cm³/mol. The van der Waals surface area contributed by atoms with Crippen LogP contribution in [0.4, 0.5) is 0 Å². The van der Waals surface area contributed by atoms with E-state index in [0.29, 0.717) is 5.92 Å². The van der Waals surface area contributed by atoms with Gasteiger partial charge in [0, 0.05) is 5.41 Å². The summed E-state index contributed by atoms with van der Waals surface area (Å²) in [6.07, 6.45) is 2.42. The third-order valence-corrected chi connectivity index (χ3v) is 5.40. The van der Waals surface area contributed by atoms with Crippen molar-refractivity contribution in [1.82, 2.24) is 10.3 Å². The molecular weight excluding hydrogens is 280 g/mol. The van der Waals surface area contributed by atoms with Crippen molar-refractivity contribution in [2.45, 2.75) is 39.0 Å². The highest BCUT2D eigenvalue weighted by atomic mass is 32.1. The number of benzene rings is 1. The van der Waals surface area contributed by atoms with Crippen molar-refractivity contribution in [2.24, 2.45) is 5.92 Å². The summed E-state index contributed by atoms with van der Waals surface area (Å²) < 4.78 is 7.33. The first-order valence-corrected chi connectivity index (χ1v) is 8.59. The quantitative estimate of drug-likeness (QED) is 0.931. The molecule has 1 aliphatic rings. The number of thiazole rings is 1. The number of hydrogen-bond donors (Lipinski definition) is 1. The standard InChI is InChI=1S/C17H24N2OS/c1-17(2,3)16-19-15-13(5-4-6-14(15)21-16)20-11-12-7-9-18-10-8-12/h4-6,12,18H,7-11H2,1-3H3. The summed E-state index contributed by atoms with van der Waals surface area (Å²) in [5.41, 5.74) is 1.12. The van der Waals surface area contributed by atoms with Crippen molar-refractivity contribution in [3.63, 3.8) is 0 Å². The van der Waals surface area contributed by atoms with E-state index in [-0.39, 0.29) is 5.41 Å². The Morgan fingerprint density at radius 3 is 2.76 bits per heavy atom. The number of fused-ring (bicyclic) bond motifs is 1. The first-order chi connectivity index (χ1) is 10.0. The SMILES string of the molecule is CC(C)(C)c1nc2c(OCC3CCNCC3)cccc2s1. The molecule has 4 heteroatoms. The Morgan fingerprint density at radius 2 is 2.05 bits per heavy atom. The Bertz CT molecular complexity index is 609. The molecule has 1 aromatic carbocycles. The maximum absolute atomic E-state index is 6.10. The van der Waals surface area contributed by atoms with E-state index in [1.807, 2.05) is 0 Å². The Balaban J connectivity index is 1.79. The van der Waals surface area contributed by atoms with Crippen LogP contribution in [0.3, 0.4) is 0 Å². The molecule has 0 unspecified atom stereocenters. The number of nitrogens with one attached hydrogen (secondary N) is 1. The van der Waals surface area contributed by atoms with Crippen molar-refractivity contribution in [2.75, 3.05) is 19.7 Å². The normalized spacial score (nSPS) is 17.3. The second-order valence-corrected chi connectivity index (χ2v) is 7.91. The third-order valence-electron chi connectivity index (χ3n) is 3.96. The fraction of sp³-hybridized carbons (Fsp3) is 0.588. The topological polar surface area (TPSA) is 34.1 Å². The number of para-hydroxylation sites is 1. The van der Waals surface area contributed by atoms with Crippen LogP contribution in [0.1, 0.15) is 38.6 Å². The zero-order chi connectivity index (χ0) is 14.9. The highest BCUT2D eigenvalue weighted by Gasteiger charge is 2.20. The van der Waals surface area contributed by atoms with Crippen LogP contribution >= 0.6 is 11.3 Å². The van der Waals surface area contributed by atoms with E-state index < -0.39 is 0 Å². The van der Waals surface area contributed by atoms with Gasteiger partial charge in [-0.3, -0.25) is 0 Å². The van der Waals surface area contributed by atoms with E-state index in [2.05, 4.69) is 44.3 Å². The lowest BCUT2D eigenvalue weighted by Gasteiger charge is -2.22. The van der Waals surface area contributed by atoms with E-state index >= 15 is 0 Å². The number of nitrogens with zero attached hydrogens (tertiary/aromatic N) is 1. The van der Waals surface area contributed by atoms with Crippen LogP contribution in [0.25, 0.3) is 10.2 Å². The molecule has 0 radical (unpaired) electrons. The summed E-state index contributed by atoms with van der Waals surface area (Å²) in [5, 5.41) is 4.57. The van der Waals surface area contributed by atoms with Crippen LogP contribution in [-0.2, 0) is 5.41 Å². The van der Waals surface area contributed by atoms with E-state index in [1.165, 1.54) is 22.5 Å². The summed E-state index contributed by atoms with van der Waals surface area (Å²) in [6.45, 7) is 9.66. The van der Waals surface area contributed by atoms with Crippen molar-refractivity contribution in [1.29, 1.82) is 0 Å². The molecule has 0 amide bonds. The van der Waals surface area contributed by atoms with Crippen LogP contribution < -0.4 is 10.1 Å². The fourth-order valence-corrected chi connectivity index (χ4v) is 3.66. The van der Waals surface area contributed by atoms with Gasteiger partial charge in [-0.15, -0.1) is 11.3 Å². The molecule has 0 spiro atoms. The third kappa shape index (κ3) is 3.38. The summed E-state index contributed by atoms with van der Waals surface area (Å²) in [7, 11) is 0. The van der Waals surface area contributed by atoms with E-state index in [4.69, 9.17) is 9.72 Å². The van der Waals surface area contributed by atoms with E-state index in [0.717, 1.165) is 31.0 Å². The number of rotatable bonds is 3. The lowest BCUT2D eigenvalue weighted by molar-refractivity contribution is 0.217. The lowest BCUT2D eigenvalue weighted by atomic mass is 9.98. The minimum atomic E-state index is 0.0932. The molecular formula is C17H24N2OS. The molecule has 1 aromatic heterocycles. The Kier molecular flexibility index (Phi) is 4.18. The zero-order valence-corrected chi connectivity index (χ0v) is 13.9.